The second kappa shape index (κ2) is 8.82. The van der Waals surface area contributed by atoms with Gasteiger partial charge in [-0.25, -0.2) is 0 Å². The average Bonchev–Trinajstić information content (AvgIpc) is 3.27. The first-order valence-electron chi connectivity index (χ1n) is 9.20. The fraction of sp³-hybridized carbons (Fsp3) is 0.529. The summed E-state index contributed by atoms with van der Waals surface area (Å²) in [6.07, 6.45) is 3.00. The van der Waals surface area contributed by atoms with Gasteiger partial charge in [0.25, 0.3) is 16.9 Å². The van der Waals surface area contributed by atoms with Gasteiger partial charge in [0.2, 0.25) is 0 Å². The third-order valence-electron chi connectivity index (χ3n) is 4.84. The highest BCUT2D eigenvalue weighted by molar-refractivity contribution is 6.23. The van der Waals surface area contributed by atoms with Gasteiger partial charge in [0.05, 0.1) is 23.6 Å². The molecule has 1 saturated heterocycles. The van der Waals surface area contributed by atoms with E-state index in [1.54, 1.807) is 0 Å². The number of fused-ring (bicyclic) bond motifs is 1. The molecule has 2 aliphatic rings. The van der Waals surface area contributed by atoms with Gasteiger partial charge in [0.1, 0.15) is 12.2 Å². The Morgan fingerprint density at radius 3 is 2.38 bits per heavy atom. The van der Waals surface area contributed by atoms with Gasteiger partial charge in [-0.15, -0.1) is 10.1 Å². The zero-order valence-electron chi connectivity index (χ0n) is 15.6. The van der Waals surface area contributed by atoms with E-state index in [1.807, 2.05) is 0 Å². The molecule has 0 atom stereocenters. The van der Waals surface area contributed by atoms with Crippen LogP contribution in [0.3, 0.4) is 0 Å². The van der Waals surface area contributed by atoms with Crippen LogP contribution < -0.4 is 4.74 Å². The summed E-state index contributed by atoms with van der Waals surface area (Å²) in [5, 5.41) is 20.8. The van der Waals surface area contributed by atoms with E-state index >= 15 is 0 Å². The first kappa shape index (κ1) is 20.5. The van der Waals surface area contributed by atoms with E-state index in [0.29, 0.717) is 11.3 Å². The fourth-order valence-electron chi connectivity index (χ4n) is 3.52. The maximum absolute atomic E-state index is 12.6. The van der Waals surface area contributed by atoms with Crippen LogP contribution in [0.2, 0.25) is 0 Å². The molecule has 1 aromatic rings. The van der Waals surface area contributed by atoms with E-state index in [2.05, 4.69) is 9.74 Å². The zero-order valence-corrected chi connectivity index (χ0v) is 15.6. The number of hydrogen-bond donors (Lipinski definition) is 0. The Kier molecular flexibility index (Phi) is 6.22. The molecule has 0 aliphatic carbocycles. The molecule has 0 spiro atoms. The number of ether oxygens (including phenoxy) is 1. The van der Waals surface area contributed by atoms with Crippen molar-refractivity contribution in [1.82, 2.24) is 9.80 Å². The van der Waals surface area contributed by atoms with Crippen molar-refractivity contribution < 1.29 is 29.2 Å². The molecule has 0 saturated carbocycles. The van der Waals surface area contributed by atoms with E-state index in [4.69, 9.17) is 4.74 Å². The molecule has 1 aromatic carbocycles. The number of amides is 2. The number of benzene rings is 1. The second-order valence-electron chi connectivity index (χ2n) is 6.66. The first-order chi connectivity index (χ1) is 13.9. The molecule has 12 heteroatoms. The minimum atomic E-state index is -1.05. The summed E-state index contributed by atoms with van der Waals surface area (Å²) in [5.74, 6) is -1.74. The summed E-state index contributed by atoms with van der Waals surface area (Å²) in [6.45, 7) is 2.21. The lowest BCUT2D eigenvalue weighted by Gasteiger charge is -2.14. The van der Waals surface area contributed by atoms with Crippen molar-refractivity contribution in [3.63, 3.8) is 0 Å². The van der Waals surface area contributed by atoms with Gasteiger partial charge >= 0.3 is 5.69 Å². The number of nitro groups is 1. The molecule has 0 bridgehead atoms. The van der Waals surface area contributed by atoms with E-state index in [1.165, 1.54) is 12.1 Å². The Labute approximate surface area is 165 Å². The molecular weight excluding hydrogens is 388 g/mol. The minimum absolute atomic E-state index is 0.0836. The van der Waals surface area contributed by atoms with Crippen LogP contribution in [0.4, 0.5) is 5.69 Å². The molecule has 0 N–H and O–H groups in total. The highest BCUT2D eigenvalue weighted by Gasteiger charge is 2.43. The molecule has 3 rings (SSSR count). The van der Waals surface area contributed by atoms with Crippen molar-refractivity contribution in [2.75, 3.05) is 39.4 Å². The number of imide groups is 1. The predicted molar refractivity (Wildman–Crippen MR) is 97.2 cm³/mol. The van der Waals surface area contributed by atoms with Crippen LogP contribution in [0.5, 0.6) is 5.75 Å². The summed E-state index contributed by atoms with van der Waals surface area (Å²) >= 11 is 0. The average molecular weight is 408 g/mol. The molecule has 1 fully saturated rings. The highest BCUT2D eigenvalue weighted by Crippen LogP contribution is 2.38. The van der Waals surface area contributed by atoms with Crippen LogP contribution in [-0.4, -0.2) is 71.0 Å². The second-order valence-corrected chi connectivity index (χ2v) is 6.66. The molecule has 0 aromatic heterocycles. The smallest absolute Gasteiger partial charge is 0.324 e. The Hall–Kier alpha value is -3.28. The molecule has 12 nitrogen and oxygen atoms in total. The van der Waals surface area contributed by atoms with Crippen molar-refractivity contribution in [2.24, 2.45) is 0 Å². The monoisotopic (exact) mass is 408 g/mol. The van der Waals surface area contributed by atoms with E-state index < -0.39 is 40.7 Å². The summed E-state index contributed by atoms with van der Waals surface area (Å²) in [5.41, 5.74) is -1.06. The van der Waals surface area contributed by atoms with Crippen LogP contribution in [0, 0.1) is 20.2 Å². The third-order valence-corrected chi connectivity index (χ3v) is 4.84. The normalized spacial score (nSPS) is 16.2. The van der Waals surface area contributed by atoms with Crippen molar-refractivity contribution in [3.8, 4) is 5.75 Å². The van der Waals surface area contributed by atoms with E-state index in [9.17, 15) is 29.8 Å². The number of nitro benzene ring substituents is 1. The van der Waals surface area contributed by atoms with Crippen molar-refractivity contribution in [2.45, 2.75) is 19.3 Å². The van der Waals surface area contributed by atoms with Crippen molar-refractivity contribution in [3.05, 3.63) is 43.5 Å². The standard InChI is InChI=1S/C17H20N4O8/c22-16-12-4-5-13(28-10-3-8-18-6-1-2-7-18)15(20(24)25)14(12)17(23)19(16)9-11-29-21(26)27/h4-5H,1-3,6-11H2. The van der Waals surface area contributed by atoms with Crippen molar-refractivity contribution in [1.29, 1.82) is 0 Å². The first-order valence-corrected chi connectivity index (χ1v) is 9.20. The summed E-state index contributed by atoms with van der Waals surface area (Å²) in [6, 6.07) is 2.60. The number of rotatable bonds is 10. The maximum atomic E-state index is 12.6. The Morgan fingerprint density at radius 2 is 1.72 bits per heavy atom. The summed E-state index contributed by atoms with van der Waals surface area (Å²) < 4.78 is 5.55. The zero-order chi connectivity index (χ0) is 21.0. The van der Waals surface area contributed by atoms with Gasteiger partial charge in [-0.2, -0.15) is 0 Å². The van der Waals surface area contributed by atoms with Crippen LogP contribution >= 0.6 is 0 Å². The van der Waals surface area contributed by atoms with Gasteiger partial charge < -0.3 is 14.5 Å². The lowest BCUT2D eigenvalue weighted by molar-refractivity contribution is -0.757. The van der Waals surface area contributed by atoms with Gasteiger partial charge in [-0.3, -0.25) is 24.6 Å². The Bertz CT molecular complexity index is 837. The molecular formula is C17H20N4O8. The van der Waals surface area contributed by atoms with Crippen LogP contribution in [-0.2, 0) is 4.84 Å². The number of carbonyl (C=O) groups excluding carboxylic acids is 2. The third kappa shape index (κ3) is 4.42. The van der Waals surface area contributed by atoms with Gasteiger partial charge in [-0.05, 0) is 44.5 Å². The lowest BCUT2D eigenvalue weighted by Crippen LogP contribution is -2.33. The minimum Gasteiger partial charge on any atom is -0.487 e. The molecule has 0 radical (unpaired) electrons. The van der Waals surface area contributed by atoms with Crippen LogP contribution in [0.25, 0.3) is 0 Å². The molecule has 2 aliphatic heterocycles. The van der Waals surface area contributed by atoms with Crippen LogP contribution in [0.1, 0.15) is 40.0 Å². The summed E-state index contributed by atoms with van der Waals surface area (Å²) in [7, 11) is 0. The quantitative estimate of drug-likeness (QED) is 0.242. The molecule has 0 unspecified atom stereocenters. The van der Waals surface area contributed by atoms with Gasteiger partial charge in [0, 0.05) is 6.54 Å². The molecule has 2 heterocycles. The number of likely N-dealkylation sites (tertiary alicyclic amines) is 1. The molecule has 156 valence electrons. The lowest BCUT2D eigenvalue weighted by atomic mass is 10.1. The largest absolute Gasteiger partial charge is 0.487 e. The Morgan fingerprint density at radius 1 is 1.00 bits per heavy atom. The molecule has 2 amide bonds. The summed E-state index contributed by atoms with van der Waals surface area (Å²) in [4.78, 5) is 53.2. The van der Waals surface area contributed by atoms with Gasteiger partial charge in [0.15, 0.2) is 5.75 Å². The number of carbonyl (C=O) groups is 2. The number of nitrogens with zero attached hydrogens (tertiary/aromatic N) is 4. The topological polar surface area (TPSA) is 145 Å². The van der Waals surface area contributed by atoms with Crippen LogP contribution in [0.15, 0.2) is 12.1 Å². The predicted octanol–water partition coefficient (Wildman–Crippen LogP) is 1.26. The van der Waals surface area contributed by atoms with E-state index in [-0.39, 0.29) is 23.5 Å². The Balaban J connectivity index is 1.72. The van der Waals surface area contributed by atoms with Gasteiger partial charge in [-0.1, -0.05) is 0 Å². The van der Waals surface area contributed by atoms with E-state index in [0.717, 1.165) is 32.5 Å². The maximum Gasteiger partial charge on any atom is 0.324 e. The fourth-order valence-corrected chi connectivity index (χ4v) is 3.52. The highest BCUT2D eigenvalue weighted by atomic mass is 16.9. The number of hydrogen-bond acceptors (Lipinski definition) is 9. The molecule has 29 heavy (non-hydrogen) atoms. The SMILES string of the molecule is O=C1c2ccc(OCCCN3CCCC3)c([N+](=O)[O-])c2C(=O)N1CCO[N+](=O)[O-]. The van der Waals surface area contributed by atoms with Crippen molar-refractivity contribution >= 4 is 17.5 Å².